The molecule has 0 amide bonds. The van der Waals surface area contributed by atoms with Gasteiger partial charge in [-0.1, -0.05) is 66.0 Å². The summed E-state index contributed by atoms with van der Waals surface area (Å²) >= 11 is 0. The van der Waals surface area contributed by atoms with Gasteiger partial charge in [0, 0.05) is 26.7 Å². The number of nitrogens with one attached hydrogen (secondary N) is 2. The van der Waals surface area contributed by atoms with Crippen LogP contribution in [0.2, 0.25) is 0 Å². The monoisotopic (exact) mass is 522 g/mol. The molecule has 1 atom stereocenters. The van der Waals surface area contributed by atoms with Gasteiger partial charge in [0.25, 0.3) is 0 Å². The number of likely N-dealkylation sites (tertiary alicyclic amines) is 1. The van der Waals surface area contributed by atoms with Crippen molar-refractivity contribution in [3.05, 3.63) is 12.2 Å². The summed E-state index contributed by atoms with van der Waals surface area (Å²) in [5.41, 5.74) is 3.15. The van der Waals surface area contributed by atoms with E-state index < -0.39 is 6.23 Å². The van der Waals surface area contributed by atoms with E-state index in [0.29, 0.717) is 0 Å². The lowest BCUT2D eigenvalue weighted by atomic mass is 9.79. The van der Waals surface area contributed by atoms with Gasteiger partial charge in [-0.15, -0.1) is 12.4 Å². The van der Waals surface area contributed by atoms with Crippen molar-refractivity contribution in [2.24, 2.45) is 11.3 Å². The van der Waals surface area contributed by atoms with Crippen molar-refractivity contribution in [1.29, 1.82) is 0 Å². The molecule has 2 fully saturated rings. The van der Waals surface area contributed by atoms with Crippen LogP contribution in [0.5, 0.6) is 0 Å². The zero-order valence-electron chi connectivity index (χ0n) is 24.6. The van der Waals surface area contributed by atoms with E-state index in [2.05, 4.69) is 48.6 Å². The Morgan fingerprint density at radius 1 is 1.11 bits per heavy atom. The van der Waals surface area contributed by atoms with Crippen molar-refractivity contribution in [1.82, 2.24) is 20.7 Å². The van der Waals surface area contributed by atoms with Gasteiger partial charge in [0.05, 0.1) is 0 Å². The highest BCUT2D eigenvalue weighted by Gasteiger charge is 2.34. The van der Waals surface area contributed by atoms with Gasteiger partial charge in [-0.25, -0.2) is 5.01 Å². The molecule has 1 saturated carbocycles. The first kappa shape index (κ1) is 39.3. The molecule has 7 heteroatoms. The second-order valence-corrected chi connectivity index (χ2v) is 9.42. The third kappa shape index (κ3) is 20.5. The summed E-state index contributed by atoms with van der Waals surface area (Å²) in [4.78, 5) is 2.55. The summed E-state index contributed by atoms with van der Waals surface area (Å²) < 4.78 is 0. The number of allylic oxidation sites excluding steroid dienone is 1. The van der Waals surface area contributed by atoms with E-state index in [-0.39, 0.29) is 24.4 Å². The molecule has 0 bridgehead atoms. The molecule has 0 aromatic heterocycles. The number of piperidine rings is 1. The van der Waals surface area contributed by atoms with Crippen LogP contribution in [0.4, 0.5) is 0 Å². The predicted octanol–water partition coefficient (Wildman–Crippen LogP) is 5.45. The summed E-state index contributed by atoms with van der Waals surface area (Å²) in [5.74, 6) is 1.01. The summed E-state index contributed by atoms with van der Waals surface area (Å²) in [5, 5.41) is 23.8. The minimum atomic E-state index is -0.398. The van der Waals surface area contributed by atoms with Crippen LogP contribution in [0.1, 0.15) is 99.3 Å². The maximum atomic E-state index is 9.71. The van der Waals surface area contributed by atoms with Crippen molar-refractivity contribution >= 4 is 12.4 Å². The zero-order valence-corrected chi connectivity index (χ0v) is 25.4. The normalized spacial score (nSPS) is 18.5. The van der Waals surface area contributed by atoms with E-state index in [1.165, 1.54) is 45.2 Å². The molecule has 1 heterocycles. The van der Waals surface area contributed by atoms with Crippen LogP contribution in [0, 0.1) is 11.3 Å². The number of nitrogens with zero attached hydrogens (tertiary/aromatic N) is 2. The van der Waals surface area contributed by atoms with Crippen LogP contribution in [0.25, 0.3) is 0 Å². The minimum Gasteiger partial charge on any atom is -0.396 e. The van der Waals surface area contributed by atoms with Gasteiger partial charge < -0.3 is 10.2 Å². The van der Waals surface area contributed by atoms with E-state index in [0.717, 1.165) is 51.2 Å². The summed E-state index contributed by atoms with van der Waals surface area (Å²) in [6.45, 7) is 18.4. The van der Waals surface area contributed by atoms with Crippen molar-refractivity contribution in [2.45, 2.75) is 106 Å². The Balaban J connectivity index is -0.000000445. The molecule has 0 spiro atoms. The van der Waals surface area contributed by atoms with E-state index >= 15 is 0 Å². The molecule has 6 nitrogen and oxygen atoms in total. The molecule has 1 unspecified atom stereocenters. The fourth-order valence-electron chi connectivity index (χ4n) is 4.63. The minimum absolute atomic E-state index is 0. The lowest BCUT2D eigenvalue weighted by Gasteiger charge is -2.30. The molecular formula is C28H63ClN4O2. The molecular weight excluding hydrogens is 460 g/mol. The highest BCUT2D eigenvalue weighted by molar-refractivity contribution is 5.85. The average Bonchev–Trinajstić information content (AvgIpc) is 3.32. The number of hydrogen-bond acceptors (Lipinski definition) is 6. The predicted molar refractivity (Wildman–Crippen MR) is 157 cm³/mol. The highest BCUT2D eigenvalue weighted by Crippen LogP contribution is 2.44. The molecule has 0 aromatic rings. The molecule has 4 N–H and O–H groups in total. The lowest BCUT2D eigenvalue weighted by Crippen LogP contribution is -2.35. The number of aliphatic hydroxyl groups excluding tert-OH is 2. The number of rotatable bonds is 11. The number of halogens is 1. The van der Waals surface area contributed by atoms with Crippen molar-refractivity contribution < 1.29 is 10.2 Å². The summed E-state index contributed by atoms with van der Waals surface area (Å²) in [6, 6.07) is 0. The standard InChI is InChI=1S/C11H23NO2.C11H21N.C4H12N2.C2H6.ClH/c1-2-12-10(14)9-11(7-8-13)5-3-4-6-11;1-3-5-8-12-9-6-11(4-2)7-10-12;1-4-6(3)5-2;1-2;/h10,12-14H,2-9H2,1H3;3,5,11H,4,6-10H2,1-2H3;5H,4H2,1-3H3;1-2H3;1H/b;5-3-;;;. The molecule has 1 aliphatic carbocycles. The van der Waals surface area contributed by atoms with Gasteiger partial charge in [0.1, 0.15) is 6.23 Å². The second kappa shape index (κ2) is 26.8. The van der Waals surface area contributed by atoms with E-state index in [4.69, 9.17) is 5.11 Å². The smallest absolute Gasteiger partial charge is 0.105 e. The van der Waals surface area contributed by atoms with Gasteiger partial charge >= 0.3 is 0 Å². The lowest BCUT2D eigenvalue weighted by molar-refractivity contribution is 0.0589. The molecule has 2 aliphatic rings. The first-order valence-electron chi connectivity index (χ1n) is 14.1. The highest BCUT2D eigenvalue weighted by atomic mass is 35.5. The van der Waals surface area contributed by atoms with Crippen LogP contribution >= 0.6 is 12.4 Å². The molecule has 1 saturated heterocycles. The maximum absolute atomic E-state index is 9.71. The van der Waals surface area contributed by atoms with Gasteiger partial charge in [-0.3, -0.25) is 15.6 Å². The molecule has 35 heavy (non-hydrogen) atoms. The first-order chi connectivity index (χ1) is 16.4. The zero-order chi connectivity index (χ0) is 26.2. The van der Waals surface area contributed by atoms with E-state index in [9.17, 15) is 5.11 Å². The quantitative estimate of drug-likeness (QED) is 0.164. The topological polar surface area (TPSA) is 71.0 Å². The maximum Gasteiger partial charge on any atom is 0.105 e. The van der Waals surface area contributed by atoms with Gasteiger partial charge in [0.2, 0.25) is 0 Å². The van der Waals surface area contributed by atoms with Crippen molar-refractivity contribution in [3.63, 3.8) is 0 Å². The first-order valence-corrected chi connectivity index (χ1v) is 14.1. The molecule has 1 aliphatic heterocycles. The second-order valence-electron chi connectivity index (χ2n) is 9.42. The summed E-state index contributed by atoms with van der Waals surface area (Å²) in [6.07, 6.45) is 14.7. The van der Waals surface area contributed by atoms with Gasteiger partial charge in [0.15, 0.2) is 0 Å². The molecule has 0 aromatic carbocycles. The van der Waals surface area contributed by atoms with Crippen LogP contribution < -0.4 is 10.7 Å². The Hall–Kier alpha value is -0.210. The van der Waals surface area contributed by atoms with Crippen molar-refractivity contribution in [2.75, 3.05) is 53.4 Å². The van der Waals surface area contributed by atoms with Gasteiger partial charge in [-0.2, -0.15) is 0 Å². The fourth-order valence-corrected chi connectivity index (χ4v) is 4.63. The Morgan fingerprint density at radius 2 is 1.69 bits per heavy atom. The number of hydrogen-bond donors (Lipinski definition) is 4. The van der Waals surface area contributed by atoms with E-state index in [1.54, 1.807) is 0 Å². The Bertz CT molecular complexity index is 437. The number of aliphatic hydroxyl groups is 2. The largest absolute Gasteiger partial charge is 0.396 e. The van der Waals surface area contributed by atoms with Crippen LogP contribution in [-0.2, 0) is 0 Å². The van der Waals surface area contributed by atoms with Crippen molar-refractivity contribution in [3.8, 4) is 0 Å². The van der Waals surface area contributed by atoms with Crippen LogP contribution in [0.3, 0.4) is 0 Å². The van der Waals surface area contributed by atoms with Crippen LogP contribution in [-0.4, -0.2) is 79.8 Å². The Kier molecular flexibility index (Phi) is 30.1. The molecule has 0 radical (unpaired) electrons. The Morgan fingerprint density at radius 3 is 2.06 bits per heavy atom. The van der Waals surface area contributed by atoms with E-state index in [1.807, 2.05) is 39.9 Å². The van der Waals surface area contributed by atoms with Crippen LogP contribution in [0.15, 0.2) is 12.2 Å². The molecule has 2 rings (SSSR count). The summed E-state index contributed by atoms with van der Waals surface area (Å²) in [7, 11) is 3.91. The molecule has 214 valence electrons. The SMILES string of the molecule is C/C=C\CN1CCC(CC)CC1.CC.CCN(C)NC.CCNC(O)CC1(CCO)CCCC1.Cl. The fraction of sp³-hybridized carbons (Fsp3) is 0.929. The Labute approximate surface area is 225 Å². The average molecular weight is 523 g/mol. The van der Waals surface area contributed by atoms with Gasteiger partial charge in [-0.05, 0) is 83.5 Å². The third-order valence-electron chi connectivity index (χ3n) is 7.11. The third-order valence-corrected chi connectivity index (χ3v) is 7.11. The number of hydrazine groups is 1.